The molecule has 7 nitrogen and oxygen atoms in total. The fraction of sp³-hybridized carbons (Fsp3) is 0.333. The molecule has 0 rings (SSSR count). The molecule has 72 valence electrons. The Bertz CT molecular complexity index is 266. The summed E-state index contributed by atoms with van der Waals surface area (Å²) in [7, 11) is 0. The van der Waals surface area contributed by atoms with Crippen molar-refractivity contribution in [1.29, 1.82) is 0 Å². The Balaban J connectivity index is 4.52. The predicted octanol–water partition coefficient (Wildman–Crippen LogP) is -2.87. The molecule has 0 fully saturated rings. The van der Waals surface area contributed by atoms with Crippen molar-refractivity contribution in [3.63, 3.8) is 0 Å². The van der Waals surface area contributed by atoms with E-state index >= 15 is 0 Å². The number of hydrogen-bond acceptors (Lipinski definition) is 6. The van der Waals surface area contributed by atoms with Gasteiger partial charge in [0.2, 0.25) is 5.78 Å². The Labute approximate surface area is 71.6 Å². The Kier molecular flexibility index (Phi) is 3.89. The van der Waals surface area contributed by atoms with Gasteiger partial charge in [-0.15, -0.1) is 0 Å². The fourth-order valence-corrected chi connectivity index (χ4v) is 0.462. The molecule has 0 radical (unpaired) electrons. The largest absolute Gasteiger partial charge is 0.475 e. The van der Waals surface area contributed by atoms with Crippen LogP contribution in [0.25, 0.3) is 0 Å². The lowest BCUT2D eigenvalue weighted by Gasteiger charge is -2.02. The highest BCUT2D eigenvalue weighted by Crippen LogP contribution is 1.90. The molecule has 1 unspecified atom stereocenters. The summed E-state index contributed by atoms with van der Waals surface area (Å²) in [5.41, 5.74) is 0. The van der Waals surface area contributed by atoms with E-state index in [4.69, 9.17) is 15.3 Å². The van der Waals surface area contributed by atoms with Crippen LogP contribution >= 0.6 is 0 Å². The standard InChI is InChI=1S/C6H6O7/c7-1-2(8)3(9)4(10)5(11)6(12)13/h3,7,9H,1H2,(H,12,13). The number of carbonyl (C=O) groups is 4. The van der Waals surface area contributed by atoms with Crippen molar-refractivity contribution >= 4 is 23.3 Å². The number of rotatable bonds is 5. The summed E-state index contributed by atoms with van der Waals surface area (Å²) in [5.74, 6) is -7.03. The van der Waals surface area contributed by atoms with E-state index in [1.165, 1.54) is 0 Å². The molecule has 0 saturated carbocycles. The lowest BCUT2D eigenvalue weighted by atomic mass is 10.1. The number of carbonyl (C=O) groups excluding carboxylic acids is 3. The molecule has 0 aromatic heterocycles. The lowest BCUT2D eigenvalue weighted by Crippen LogP contribution is -2.39. The van der Waals surface area contributed by atoms with Crippen LogP contribution in [-0.2, 0) is 19.2 Å². The number of aliphatic carboxylic acids is 1. The molecule has 7 heteroatoms. The summed E-state index contributed by atoms with van der Waals surface area (Å²) in [4.78, 5) is 41.2. The maximum Gasteiger partial charge on any atom is 0.380 e. The molecule has 0 bridgehead atoms. The molecule has 0 aromatic rings. The molecule has 1 atom stereocenters. The van der Waals surface area contributed by atoms with E-state index in [0.29, 0.717) is 0 Å². The highest BCUT2D eigenvalue weighted by atomic mass is 16.4. The summed E-state index contributed by atoms with van der Waals surface area (Å²) >= 11 is 0. The van der Waals surface area contributed by atoms with Crippen LogP contribution in [-0.4, -0.2) is 51.3 Å². The first-order chi connectivity index (χ1) is 5.91. The first-order valence-corrected chi connectivity index (χ1v) is 3.05. The third-order valence-corrected chi connectivity index (χ3v) is 1.13. The van der Waals surface area contributed by atoms with Gasteiger partial charge in [-0.05, 0) is 0 Å². The first-order valence-electron chi connectivity index (χ1n) is 3.05. The van der Waals surface area contributed by atoms with E-state index in [0.717, 1.165) is 0 Å². The molecule has 0 aliphatic heterocycles. The lowest BCUT2D eigenvalue weighted by molar-refractivity contribution is -0.156. The van der Waals surface area contributed by atoms with Crippen LogP contribution < -0.4 is 0 Å². The molecule has 0 aliphatic rings. The number of carboxylic acids is 1. The summed E-state index contributed by atoms with van der Waals surface area (Å²) in [6.07, 6.45) is -2.39. The second-order valence-corrected chi connectivity index (χ2v) is 2.03. The van der Waals surface area contributed by atoms with Crippen molar-refractivity contribution in [2.24, 2.45) is 0 Å². The minimum atomic E-state index is -2.39. The molecule has 3 N–H and O–H groups in total. The van der Waals surface area contributed by atoms with Gasteiger partial charge in [0.05, 0.1) is 0 Å². The molecular weight excluding hydrogens is 184 g/mol. The Morgan fingerprint density at radius 2 is 1.62 bits per heavy atom. The quantitative estimate of drug-likeness (QED) is 0.314. The van der Waals surface area contributed by atoms with Gasteiger partial charge in [-0.25, -0.2) is 4.79 Å². The third kappa shape index (κ3) is 2.73. The van der Waals surface area contributed by atoms with Crippen LogP contribution in [0.5, 0.6) is 0 Å². The molecule has 0 aliphatic carbocycles. The summed E-state index contributed by atoms with van der Waals surface area (Å²) < 4.78 is 0. The van der Waals surface area contributed by atoms with E-state index in [1.807, 2.05) is 0 Å². The molecule has 0 spiro atoms. The Morgan fingerprint density at radius 1 is 1.15 bits per heavy atom. The van der Waals surface area contributed by atoms with Crippen LogP contribution in [0.1, 0.15) is 0 Å². The monoisotopic (exact) mass is 190 g/mol. The van der Waals surface area contributed by atoms with E-state index in [9.17, 15) is 19.2 Å². The van der Waals surface area contributed by atoms with Crippen molar-refractivity contribution < 1.29 is 34.5 Å². The molecule has 0 aromatic carbocycles. The van der Waals surface area contributed by atoms with E-state index < -0.39 is 36.0 Å². The average molecular weight is 190 g/mol. The van der Waals surface area contributed by atoms with Crippen LogP contribution in [0, 0.1) is 0 Å². The van der Waals surface area contributed by atoms with Gasteiger partial charge in [-0.2, -0.15) is 0 Å². The predicted molar refractivity (Wildman–Crippen MR) is 35.7 cm³/mol. The van der Waals surface area contributed by atoms with E-state index in [2.05, 4.69) is 0 Å². The number of aliphatic hydroxyl groups is 2. The molecular formula is C6H6O7. The number of Topliss-reactive ketones (excluding diaryl/α,β-unsaturated/α-hetero) is 3. The second kappa shape index (κ2) is 4.43. The van der Waals surface area contributed by atoms with Gasteiger partial charge < -0.3 is 15.3 Å². The van der Waals surface area contributed by atoms with Crippen molar-refractivity contribution in [2.45, 2.75) is 6.10 Å². The Morgan fingerprint density at radius 3 is 1.92 bits per heavy atom. The number of carboxylic acid groups (broad SMARTS) is 1. The van der Waals surface area contributed by atoms with Gasteiger partial charge in [-0.1, -0.05) is 0 Å². The molecule has 0 amide bonds. The zero-order valence-corrected chi connectivity index (χ0v) is 6.26. The van der Waals surface area contributed by atoms with E-state index in [1.54, 1.807) is 0 Å². The molecule has 0 saturated heterocycles. The summed E-state index contributed by atoms with van der Waals surface area (Å²) in [5, 5.41) is 24.8. The van der Waals surface area contributed by atoms with E-state index in [-0.39, 0.29) is 0 Å². The minimum absolute atomic E-state index is 1.14. The average Bonchev–Trinajstić information content (AvgIpc) is 2.12. The highest BCUT2D eigenvalue weighted by Gasteiger charge is 2.32. The SMILES string of the molecule is O=C(O)C(=O)C(=O)C(O)C(=O)CO. The zero-order valence-electron chi connectivity index (χ0n) is 6.26. The zero-order chi connectivity index (χ0) is 10.6. The van der Waals surface area contributed by atoms with Crippen molar-refractivity contribution in [3.05, 3.63) is 0 Å². The Hall–Kier alpha value is -1.60. The third-order valence-electron chi connectivity index (χ3n) is 1.13. The van der Waals surface area contributed by atoms with Gasteiger partial charge in [0, 0.05) is 0 Å². The maximum absolute atomic E-state index is 10.6. The molecule has 0 heterocycles. The number of aliphatic hydroxyl groups excluding tert-OH is 2. The topological polar surface area (TPSA) is 129 Å². The van der Waals surface area contributed by atoms with Gasteiger partial charge in [0.15, 0.2) is 11.9 Å². The van der Waals surface area contributed by atoms with Crippen LogP contribution in [0.4, 0.5) is 0 Å². The van der Waals surface area contributed by atoms with Gasteiger partial charge in [0.1, 0.15) is 6.61 Å². The first kappa shape index (κ1) is 11.4. The minimum Gasteiger partial charge on any atom is -0.475 e. The smallest absolute Gasteiger partial charge is 0.380 e. The number of hydrogen-bond donors (Lipinski definition) is 3. The summed E-state index contributed by atoms with van der Waals surface area (Å²) in [6, 6.07) is 0. The number of ketones is 3. The normalized spacial score (nSPS) is 11.8. The van der Waals surface area contributed by atoms with Gasteiger partial charge in [0.25, 0.3) is 0 Å². The van der Waals surface area contributed by atoms with Crippen LogP contribution in [0.15, 0.2) is 0 Å². The fourth-order valence-electron chi connectivity index (χ4n) is 0.462. The van der Waals surface area contributed by atoms with Gasteiger partial charge >= 0.3 is 11.8 Å². The van der Waals surface area contributed by atoms with Crippen molar-refractivity contribution in [1.82, 2.24) is 0 Å². The highest BCUT2D eigenvalue weighted by molar-refractivity contribution is 6.64. The maximum atomic E-state index is 10.6. The van der Waals surface area contributed by atoms with Crippen LogP contribution in [0.2, 0.25) is 0 Å². The second-order valence-electron chi connectivity index (χ2n) is 2.03. The van der Waals surface area contributed by atoms with Crippen LogP contribution in [0.3, 0.4) is 0 Å². The summed E-state index contributed by atoms with van der Waals surface area (Å²) in [6.45, 7) is -1.14. The van der Waals surface area contributed by atoms with Crippen molar-refractivity contribution in [2.75, 3.05) is 6.61 Å². The van der Waals surface area contributed by atoms with Gasteiger partial charge in [-0.3, -0.25) is 14.4 Å². The van der Waals surface area contributed by atoms with Crippen molar-refractivity contribution in [3.8, 4) is 0 Å². The molecule has 13 heavy (non-hydrogen) atoms.